The van der Waals surface area contributed by atoms with Crippen molar-refractivity contribution in [2.75, 3.05) is 13.2 Å². The first-order chi connectivity index (χ1) is 4.72. The van der Waals surface area contributed by atoms with Crippen molar-refractivity contribution in [1.29, 1.82) is 0 Å². The first-order valence-electron chi connectivity index (χ1n) is 4.01. The molecule has 0 aromatic carbocycles. The van der Waals surface area contributed by atoms with Crippen molar-refractivity contribution >= 4 is 0 Å². The molecule has 0 radical (unpaired) electrons. The Morgan fingerprint density at radius 2 is 2.10 bits per heavy atom. The highest BCUT2D eigenvalue weighted by Gasteiger charge is 2.43. The summed E-state index contributed by atoms with van der Waals surface area (Å²) < 4.78 is 5.16. The molecule has 2 rings (SSSR count). The molecule has 1 aliphatic carbocycles. The summed E-state index contributed by atoms with van der Waals surface area (Å²) in [5, 5.41) is 0. The van der Waals surface area contributed by atoms with Crippen LogP contribution in [0, 0.1) is 11.3 Å². The molecule has 1 fully saturated rings. The van der Waals surface area contributed by atoms with Crippen molar-refractivity contribution in [3.8, 4) is 0 Å². The van der Waals surface area contributed by atoms with Crippen LogP contribution in [0.25, 0.3) is 0 Å². The minimum Gasteiger partial charge on any atom is -0.379 e. The van der Waals surface area contributed by atoms with Crippen LogP contribution in [0.15, 0.2) is 11.6 Å². The molecule has 1 heteroatoms. The van der Waals surface area contributed by atoms with Crippen molar-refractivity contribution < 1.29 is 4.74 Å². The smallest absolute Gasteiger partial charge is 0.0582 e. The third-order valence-electron chi connectivity index (χ3n) is 2.57. The van der Waals surface area contributed by atoms with Gasteiger partial charge in [0.2, 0.25) is 0 Å². The summed E-state index contributed by atoms with van der Waals surface area (Å²) in [7, 11) is 0. The first-order valence-corrected chi connectivity index (χ1v) is 4.01. The molecule has 0 aromatic rings. The van der Waals surface area contributed by atoms with Gasteiger partial charge < -0.3 is 4.74 Å². The van der Waals surface area contributed by atoms with E-state index in [2.05, 4.69) is 19.9 Å². The lowest BCUT2D eigenvalue weighted by Gasteiger charge is -2.47. The molecule has 1 aliphatic heterocycles. The van der Waals surface area contributed by atoms with Gasteiger partial charge in [0, 0.05) is 5.41 Å². The average molecular weight is 138 g/mol. The third kappa shape index (κ3) is 0.734. The zero-order valence-electron chi connectivity index (χ0n) is 6.68. The minimum atomic E-state index is 0.513. The zero-order chi connectivity index (χ0) is 7.19. The van der Waals surface area contributed by atoms with Crippen LogP contribution >= 0.6 is 0 Å². The molecule has 0 N–H and O–H groups in total. The Kier molecular flexibility index (Phi) is 1.19. The Morgan fingerprint density at radius 3 is 2.40 bits per heavy atom. The molecule has 56 valence electrons. The number of ether oxygens (including phenoxy) is 1. The van der Waals surface area contributed by atoms with Gasteiger partial charge in [0.1, 0.15) is 0 Å². The molecule has 1 saturated heterocycles. The SMILES string of the molecule is CC(C)C1=CC2(COC2)C1. The van der Waals surface area contributed by atoms with Gasteiger partial charge in [-0.15, -0.1) is 0 Å². The van der Waals surface area contributed by atoms with Crippen molar-refractivity contribution in [2.45, 2.75) is 20.3 Å². The lowest BCUT2D eigenvalue weighted by Crippen LogP contribution is -2.46. The fourth-order valence-electron chi connectivity index (χ4n) is 1.69. The molecule has 0 amide bonds. The minimum absolute atomic E-state index is 0.513. The Morgan fingerprint density at radius 1 is 1.50 bits per heavy atom. The Bertz CT molecular complexity index is 175. The molecule has 0 bridgehead atoms. The highest BCUT2D eigenvalue weighted by atomic mass is 16.5. The van der Waals surface area contributed by atoms with E-state index in [1.54, 1.807) is 5.57 Å². The number of hydrogen-bond acceptors (Lipinski definition) is 1. The third-order valence-corrected chi connectivity index (χ3v) is 2.57. The number of allylic oxidation sites excluding steroid dienone is 1. The van der Waals surface area contributed by atoms with Gasteiger partial charge in [-0.2, -0.15) is 0 Å². The van der Waals surface area contributed by atoms with E-state index < -0.39 is 0 Å². The summed E-state index contributed by atoms with van der Waals surface area (Å²) in [4.78, 5) is 0. The summed E-state index contributed by atoms with van der Waals surface area (Å²) >= 11 is 0. The topological polar surface area (TPSA) is 9.23 Å². The van der Waals surface area contributed by atoms with E-state index in [1.807, 2.05) is 0 Å². The second kappa shape index (κ2) is 1.85. The van der Waals surface area contributed by atoms with Crippen molar-refractivity contribution in [3.63, 3.8) is 0 Å². The van der Waals surface area contributed by atoms with Gasteiger partial charge in [-0.05, 0) is 12.3 Å². The van der Waals surface area contributed by atoms with Crippen LogP contribution in [0.4, 0.5) is 0 Å². The van der Waals surface area contributed by atoms with Gasteiger partial charge >= 0.3 is 0 Å². The Balaban J connectivity index is 2.02. The Labute approximate surface area is 62.1 Å². The molecular formula is C9H14O. The van der Waals surface area contributed by atoms with Gasteiger partial charge in [-0.3, -0.25) is 0 Å². The normalized spacial score (nSPS) is 27.7. The molecule has 0 aromatic heterocycles. The van der Waals surface area contributed by atoms with Crippen LogP contribution in [0.1, 0.15) is 20.3 Å². The van der Waals surface area contributed by atoms with Gasteiger partial charge in [0.25, 0.3) is 0 Å². The largest absolute Gasteiger partial charge is 0.379 e. The van der Waals surface area contributed by atoms with Crippen LogP contribution in [0.5, 0.6) is 0 Å². The molecule has 1 spiro atoms. The number of hydrogen-bond donors (Lipinski definition) is 0. The highest BCUT2D eigenvalue weighted by Crippen LogP contribution is 2.47. The maximum atomic E-state index is 5.16. The van der Waals surface area contributed by atoms with E-state index in [4.69, 9.17) is 4.74 Å². The van der Waals surface area contributed by atoms with E-state index >= 15 is 0 Å². The van der Waals surface area contributed by atoms with Gasteiger partial charge in [0.15, 0.2) is 0 Å². The van der Waals surface area contributed by atoms with Gasteiger partial charge in [-0.25, -0.2) is 0 Å². The molecule has 1 nitrogen and oxygen atoms in total. The summed E-state index contributed by atoms with van der Waals surface area (Å²) in [5.74, 6) is 0.756. The summed E-state index contributed by atoms with van der Waals surface area (Å²) in [5.41, 5.74) is 2.14. The van der Waals surface area contributed by atoms with Crippen molar-refractivity contribution in [3.05, 3.63) is 11.6 Å². The number of rotatable bonds is 1. The van der Waals surface area contributed by atoms with E-state index in [0.29, 0.717) is 5.41 Å². The standard InChI is InChI=1S/C9H14O/c1-7(2)8-3-9(4-8)5-10-6-9/h3,7H,4-6H2,1-2H3. The lowest BCUT2D eigenvalue weighted by atomic mass is 9.67. The highest BCUT2D eigenvalue weighted by molar-refractivity contribution is 5.27. The first kappa shape index (κ1) is 6.41. The summed E-state index contributed by atoms with van der Waals surface area (Å²) in [6, 6.07) is 0. The van der Waals surface area contributed by atoms with Crippen molar-refractivity contribution in [2.24, 2.45) is 11.3 Å². The van der Waals surface area contributed by atoms with Gasteiger partial charge in [0.05, 0.1) is 13.2 Å². The molecule has 1 heterocycles. The summed E-state index contributed by atoms with van der Waals surface area (Å²) in [6.07, 6.45) is 3.71. The van der Waals surface area contributed by atoms with Crippen LogP contribution in [-0.2, 0) is 4.74 Å². The van der Waals surface area contributed by atoms with Crippen LogP contribution in [0.2, 0.25) is 0 Å². The maximum absolute atomic E-state index is 5.16. The zero-order valence-corrected chi connectivity index (χ0v) is 6.68. The van der Waals surface area contributed by atoms with Crippen LogP contribution in [-0.4, -0.2) is 13.2 Å². The lowest BCUT2D eigenvalue weighted by molar-refractivity contribution is -0.0944. The second-order valence-electron chi connectivity index (χ2n) is 3.91. The van der Waals surface area contributed by atoms with Crippen LogP contribution < -0.4 is 0 Å². The fraction of sp³-hybridized carbons (Fsp3) is 0.778. The monoisotopic (exact) mass is 138 g/mol. The van der Waals surface area contributed by atoms with E-state index in [9.17, 15) is 0 Å². The molecule has 0 unspecified atom stereocenters. The molecule has 2 aliphatic rings. The fourth-order valence-corrected chi connectivity index (χ4v) is 1.69. The van der Waals surface area contributed by atoms with E-state index in [1.165, 1.54) is 6.42 Å². The summed E-state index contributed by atoms with van der Waals surface area (Å²) in [6.45, 7) is 6.48. The quantitative estimate of drug-likeness (QED) is 0.503. The Hall–Kier alpha value is -0.300. The predicted octanol–water partition coefficient (Wildman–Crippen LogP) is 1.99. The average Bonchev–Trinajstić information content (AvgIpc) is 1.54. The molecule has 0 atom stereocenters. The van der Waals surface area contributed by atoms with Crippen molar-refractivity contribution in [1.82, 2.24) is 0 Å². The van der Waals surface area contributed by atoms with E-state index in [0.717, 1.165) is 19.1 Å². The molecule has 10 heavy (non-hydrogen) atoms. The van der Waals surface area contributed by atoms with E-state index in [-0.39, 0.29) is 0 Å². The van der Waals surface area contributed by atoms with Crippen LogP contribution in [0.3, 0.4) is 0 Å². The maximum Gasteiger partial charge on any atom is 0.0582 e. The second-order valence-corrected chi connectivity index (χ2v) is 3.91. The van der Waals surface area contributed by atoms with Gasteiger partial charge in [-0.1, -0.05) is 25.5 Å². The molecular weight excluding hydrogens is 124 g/mol. The molecule has 0 saturated carbocycles. The predicted molar refractivity (Wildman–Crippen MR) is 40.8 cm³/mol.